The Labute approximate surface area is 158 Å². The number of hydrogen-bond acceptors (Lipinski definition) is 5. The van der Waals surface area contributed by atoms with Gasteiger partial charge in [-0.1, -0.05) is 12.5 Å². The van der Waals surface area contributed by atoms with E-state index in [2.05, 4.69) is 27.7 Å². The van der Waals surface area contributed by atoms with E-state index in [0.29, 0.717) is 12.3 Å². The molecule has 1 aromatic carbocycles. The molecule has 0 radical (unpaired) electrons. The van der Waals surface area contributed by atoms with Crippen LogP contribution in [0.1, 0.15) is 30.2 Å². The number of thiophene rings is 1. The van der Waals surface area contributed by atoms with Gasteiger partial charge in [0.15, 0.2) is 6.61 Å². The molecule has 3 rings (SSSR count). The zero-order chi connectivity index (χ0) is 18.2. The fourth-order valence-corrected chi connectivity index (χ4v) is 4.06. The summed E-state index contributed by atoms with van der Waals surface area (Å²) >= 11 is 1.75. The smallest absolute Gasteiger partial charge is 0.258 e. The van der Waals surface area contributed by atoms with Gasteiger partial charge >= 0.3 is 0 Å². The Balaban J connectivity index is 1.50. The van der Waals surface area contributed by atoms with Gasteiger partial charge in [-0.15, -0.1) is 11.3 Å². The lowest BCUT2D eigenvalue weighted by atomic mass is 10.1. The molecule has 0 spiro atoms. The van der Waals surface area contributed by atoms with Gasteiger partial charge in [-0.25, -0.2) is 0 Å². The van der Waals surface area contributed by atoms with Gasteiger partial charge in [-0.2, -0.15) is 0 Å². The quantitative estimate of drug-likeness (QED) is 0.769. The first kappa shape index (κ1) is 18.7. The summed E-state index contributed by atoms with van der Waals surface area (Å²) in [6.45, 7) is 2.83. The lowest BCUT2D eigenvalue weighted by Crippen LogP contribution is -2.41. The summed E-state index contributed by atoms with van der Waals surface area (Å²) in [5.41, 5.74) is 0. The van der Waals surface area contributed by atoms with Gasteiger partial charge in [0.05, 0.1) is 13.2 Å². The fraction of sp³-hybridized carbons (Fsp3) is 0.450. The zero-order valence-corrected chi connectivity index (χ0v) is 16.0. The van der Waals surface area contributed by atoms with Crippen molar-refractivity contribution in [2.45, 2.75) is 25.3 Å². The van der Waals surface area contributed by atoms with Crippen molar-refractivity contribution >= 4 is 17.2 Å². The molecule has 2 aromatic rings. The standard InChI is InChI=1S/C20H26N2O3S/c1-24-16-7-9-17(10-8-16)25-15-20(23)21-14-18(19-6-5-13-26-19)22-11-3-2-4-12-22/h5-10,13,18H,2-4,11-12,14-15H2,1H3,(H,21,23). The third kappa shape index (κ3) is 5.22. The number of likely N-dealkylation sites (tertiary alicyclic amines) is 1. The van der Waals surface area contributed by atoms with Gasteiger partial charge in [0.1, 0.15) is 11.5 Å². The van der Waals surface area contributed by atoms with E-state index in [1.165, 1.54) is 24.1 Å². The number of rotatable bonds is 8. The Morgan fingerprint density at radius 1 is 1.15 bits per heavy atom. The number of nitrogens with one attached hydrogen (secondary N) is 1. The van der Waals surface area contributed by atoms with E-state index in [1.807, 2.05) is 12.1 Å². The van der Waals surface area contributed by atoms with Gasteiger partial charge in [0.25, 0.3) is 5.91 Å². The summed E-state index contributed by atoms with van der Waals surface area (Å²) in [5.74, 6) is 1.33. The topological polar surface area (TPSA) is 50.8 Å². The Kier molecular flexibility index (Phi) is 6.91. The van der Waals surface area contributed by atoms with Crippen LogP contribution in [-0.4, -0.2) is 44.2 Å². The summed E-state index contributed by atoms with van der Waals surface area (Å²) in [6, 6.07) is 11.7. The molecule has 1 N–H and O–H groups in total. The van der Waals surface area contributed by atoms with E-state index in [0.717, 1.165) is 18.8 Å². The summed E-state index contributed by atoms with van der Waals surface area (Å²) in [5, 5.41) is 5.14. The summed E-state index contributed by atoms with van der Waals surface area (Å²) in [7, 11) is 1.62. The fourth-order valence-electron chi connectivity index (χ4n) is 3.20. The highest BCUT2D eigenvalue weighted by atomic mass is 32.1. The molecule has 1 fully saturated rings. The molecule has 6 heteroatoms. The van der Waals surface area contributed by atoms with Gasteiger partial charge in [0, 0.05) is 11.4 Å². The number of benzene rings is 1. The Hall–Kier alpha value is -2.05. The maximum Gasteiger partial charge on any atom is 0.258 e. The van der Waals surface area contributed by atoms with Crippen molar-refractivity contribution in [3.05, 3.63) is 46.7 Å². The lowest BCUT2D eigenvalue weighted by Gasteiger charge is -2.34. The molecular weight excluding hydrogens is 348 g/mol. The highest BCUT2D eigenvalue weighted by Gasteiger charge is 2.23. The van der Waals surface area contributed by atoms with Crippen LogP contribution in [0.2, 0.25) is 0 Å². The van der Waals surface area contributed by atoms with Crippen molar-refractivity contribution in [2.75, 3.05) is 33.4 Å². The highest BCUT2D eigenvalue weighted by molar-refractivity contribution is 7.10. The van der Waals surface area contributed by atoms with E-state index in [4.69, 9.17) is 9.47 Å². The predicted octanol–water partition coefficient (Wildman–Crippen LogP) is 3.48. The number of ether oxygens (including phenoxy) is 2. The first-order chi connectivity index (χ1) is 12.8. The molecule has 1 atom stereocenters. The monoisotopic (exact) mass is 374 g/mol. The molecule has 0 bridgehead atoms. The molecule has 0 aliphatic carbocycles. The normalized spacial score (nSPS) is 16.0. The number of hydrogen-bond donors (Lipinski definition) is 1. The second-order valence-electron chi connectivity index (χ2n) is 6.40. The second-order valence-corrected chi connectivity index (χ2v) is 7.38. The van der Waals surface area contributed by atoms with Crippen LogP contribution in [0.25, 0.3) is 0 Å². The minimum atomic E-state index is -0.0978. The molecule has 2 heterocycles. The summed E-state index contributed by atoms with van der Waals surface area (Å²) < 4.78 is 10.7. The van der Waals surface area contributed by atoms with Gasteiger partial charge in [0.2, 0.25) is 0 Å². The zero-order valence-electron chi connectivity index (χ0n) is 15.1. The first-order valence-corrected chi connectivity index (χ1v) is 9.95. The van der Waals surface area contributed by atoms with E-state index in [1.54, 1.807) is 30.6 Å². The largest absolute Gasteiger partial charge is 0.497 e. The number of piperidine rings is 1. The minimum absolute atomic E-state index is 0.0174. The Morgan fingerprint density at radius 2 is 1.88 bits per heavy atom. The number of nitrogens with zero attached hydrogens (tertiary/aromatic N) is 1. The van der Waals surface area contributed by atoms with Crippen LogP contribution >= 0.6 is 11.3 Å². The van der Waals surface area contributed by atoms with Crippen LogP contribution in [0.3, 0.4) is 0 Å². The van der Waals surface area contributed by atoms with Crippen LogP contribution in [0, 0.1) is 0 Å². The van der Waals surface area contributed by atoms with Crippen LogP contribution in [-0.2, 0) is 4.79 Å². The average molecular weight is 375 g/mol. The van der Waals surface area contributed by atoms with Crippen LogP contribution in [0.15, 0.2) is 41.8 Å². The molecular formula is C20H26N2O3S. The van der Waals surface area contributed by atoms with Gasteiger partial charge in [-0.3, -0.25) is 9.69 Å². The molecule has 26 heavy (non-hydrogen) atoms. The van der Waals surface area contributed by atoms with Crippen LogP contribution < -0.4 is 14.8 Å². The average Bonchev–Trinajstić information content (AvgIpc) is 3.22. The number of amides is 1. The molecule has 1 aromatic heterocycles. The maximum atomic E-state index is 12.2. The van der Waals surface area contributed by atoms with Crippen molar-refractivity contribution in [2.24, 2.45) is 0 Å². The van der Waals surface area contributed by atoms with Crippen LogP contribution in [0.4, 0.5) is 0 Å². The molecule has 1 amide bonds. The molecule has 1 unspecified atom stereocenters. The van der Waals surface area contributed by atoms with Gasteiger partial charge in [-0.05, 0) is 61.6 Å². The van der Waals surface area contributed by atoms with E-state index >= 15 is 0 Å². The highest BCUT2D eigenvalue weighted by Crippen LogP contribution is 2.27. The molecule has 1 aliphatic heterocycles. The molecule has 1 saturated heterocycles. The van der Waals surface area contributed by atoms with Crippen molar-refractivity contribution in [1.82, 2.24) is 10.2 Å². The third-order valence-electron chi connectivity index (χ3n) is 4.62. The van der Waals surface area contributed by atoms with Gasteiger partial charge < -0.3 is 14.8 Å². The van der Waals surface area contributed by atoms with Crippen molar-refractivity contribution in [1.29, 1.82) is 0 Å². The first-order valence-electron chi connectivity index (χ1n) is 9.07. The lowest BCUT2D eigenvalue weighted by molar-refractivity contribution is -0.123. The molecule has 140 valence electrons. The second kappa shape index (κ2) is 9.59. The maximum absolute atomic E-state index is 12.2. The summed E-state index contributed by atoms with van der Waals surface area (Å²) in [6.07, 6.45) is 3.77. The van der Waals surface area contributed by atoms with Crippen molar-refractivity contribution < 1.29 is 14.3 Å². The number of carbonyl (C=O) groups excluding carboxylic acids is 1. The molecule has 5 nitrogen and oxygen atoms in total. The predicted molar refractivity (Wildman–Crippen MR) is 104 cm³/mol. The summed E-state index contributed by atoms with van der Waals surface area (Å²) in [4.78, 5) is 16.0. The molecule has 1 aliphatic rings. The van der Waals surface area contributed by atoms with E-state index in [-0.39, 0.29) is 18.6 Å². The number of carbonyl (C=O) groups is 1. The minimum Gasteiger partial charge on any atom is -0.497 e. The SMILES string of the molecule is COc1ccc(OCC(=O)NCC(c2cccs2)N2CCCCC2)cc1. The van der Waals surface area contributed by atoms with Crippen LogP contribution in [0.5, 0.6) is 11.5 Å². The Morgan fingerprint density at radius 3 is 2.54 bits per heavy atom. The third-order valence-corrected chi connectivity index (χ3v) is 5.60. The van der Waals surface area contributed by atoms with E-state index in [9.17, 15) is 4.79 Å². The van der Waals surface area contributed by atoms with E-state index < -0.39 is 0 Å². The number of methoxy groups -OCH3 is 1. The Bertz CT molecular complexity index is 667. The van der Waals surface area contributed by atoms with Crippen molar-refractivity contribution in [3.8, 4) is 11.5 Å². The molecule has 0 saturated carbocycles. The van der Waals surface area contributed by atoms with Crippen molar-refractivity contribution in [3.63, 3.8) is 0 Å².